The highest BCUT2D eigenvalue weighted by Gasteiger charge is 2.11. The average Bonchev–Trinajstić information content (AvgIpc) is 2.87. The summed E-state index contributed by atoms with van der Waals surface area (Å²) in [4.78, 5) is 0. The van der Waals surface area contributed by atoms with Gasteiger partial charge >= 0.3 is 0 Å². The quantitative estimate of drug-likeness (QED) is 0.807. The van der Waals surface area contributed by atoms with Gasteiger partial charge in [0.1, 0.15) is 0 Å². The lowest BCUT2D eigenvalue weighted by Gasteiger charge is -2.16. The zero-order valence-electron chi connectivity index (χ0n) is 13.5. The predicted molar refractivity (Wildman–Crippen MR) is 88.5 cm³/mol. The first kappa shape index (κ1) is 15.8. The molecule has 0 bridgehead atoms. The van der Waals surface area contributed by atoms with Crippen LogP contribution in [0.1, 0.15) is 36.7 Å². The van der Waals surface area contributed by atoms with Gasteiger partial charge in [-0.15, -0.1) is 0 Å². The molecule has 1 heterocycles. The van der Waals surface area contributed by atoms with Crippen LogP contribution in [0.15, 0.2) is 36.4 Å². The van der Waals surface area contributed by atoms with Crippen LogP contribution in [-0.4, -0.2) is 22.9 Å². The van der Waals surface area contributed by atoms with Gasteiger partial charge in [-0.05, 0) is 44.4 Å². The summed E-state index contributed by atoms with van der Waals surface area (Å²) in [5, 5.41) is 7.98. The molecule has 3 nitrogen and oxygen atoms in total. The molecule has 0 amide bonds. The Balaban J connectivity index is 1.84. The van der Waals surface area contributed by atoms with Crippen LogP contribution in [0.2, 0.25) is 0 Å². The molecule has 1 atom stereocenters. The number of likely N-dealkylation sites (N-methyl/N-ethyl adjacent to an activating group) is 1. The lowest BCUT2D eigenvalue weighted by Crippen LogP contribution is -2.28. The molecule has 21 heavy (non-hydrogen) atoms. The Hall–Kier alpha value is -1.61. The van der Waals surface area contributed by atoms with Crippen LogP contribution in [-0.2, 0) is 26.3 Å². The Morgan fingerprint density at radius 2 is 2.00 bits per heavy atom. The maximum absolute atomic E-state index is 4.53. The van der Waals surface area contributed by atoms with Crippen molar-refractivity contribution >= 4 is 0 Å². The number of benzene rings is 1. The Morgan fingerprint density at radius 3 is 2.62 bits per heavy atom. The maximum atomic E-state index is 4.53. The highest BCUT2D eigenvalue weighted by Crippen LogP contribution is 2.12. The largest absolute Gasteiger partial charge is 0.317 e. The van der Waals surface area contributed by atoms with Crippen molar-refractivity contribution in [1.29, 1.82) is 0 Å². The molecule has 0 saturated heterocycles. The molecule has 0 aliphatic carbocycles. The van der Waals surface area contributed by atoms with Gasteiger partial charge in [0.2, 0.25) is 0 Å². The van der Waals surface area contributed by atoms with Gasteiger partial charge in [0.25, 0.3) is 0 Å². The van der Waals surface area contributed by atoms with Crippen LogP contribution in [0.4, 0.5) is 0 Å². The summed E-state index contributed by atoms with van der Waals surface area (Å²) in [6, 6.07) is 13.5. The van der Waals surface area contributed by atoms with E-state index >= 15 is 0 Å². The fraction of sp³-hybridized carbons (Fsp3) is 0.500. The number of aromatic nitrogens is 2. The van der Waals surface area contributed by atoms with Crippen LogP contribution >= 0.6 is 0 Å². The lowest BCUT2D eigenvalue weighted by atomic mass is 10.0. The molecule has 114 valence electrons. The second kappa shape index (κ2) is 7.99. The SMILES string of the molecule is CCc1cc(CC(CCCc2ccccc2)NC)n(C)n1. The van der Waals surface area contributed by atoms with E-state index in [1.54, 1.807) is 0 Å². The van der Waals surface area contributed by atoms with E-state index < -0.39 is 0 Å². The Kier molecular flexibility index (Phi) is 6.00. The summed E-state index contributed by atoms with van der Waals surface area (Å²) >= 11 is 0. The molecule has 1 aromatic heterocycles. The Bertz CT molecular complexity index is 531. The molecular formula is C18H27N3. The zero-order valence-corrected chi connectivity index (χ0v) is 13.5. The van der Waals surface area contributed by atoms with Crippen molar-refractivity contribution in [3.8, 4) is 0 Å². The van der Waals surface area contributed by atoms with Crippen molar-refractivity contribution in [3.05, 3.63) is 53.3 Å². The second-order valence-electron chi connectivity index (χ2n) is 5.67. The molecule has 0 aliphatic rings. The van der Waals surface area contributed by atoms with Crippen molar-refractivity contribution in [2.45, 2.75) is 45.1 Å². The van der Waals surface area contributed by atoms with Gasteiger partial charge < -0.3 is 5.32 Å². The minimum atomic E-state index is 0.522. The molecular weight excluding hydrogens is 258 g/mol. The molecule has 0 spiro atoms. The third-order valence-corrected chi connectivity index (χ3v) is 4.11. The van der Waals surface area contributed by atoms with E-state index in [0.29, 0.717) is 6.04 Å². The van der Waals surface area contributed by atoms with E-state index in [4.69, 9.17) is 0 Å². The van der Waals surface area contributed by atoms with Crippen LogP contribution < -0.4 is 5.32 Å². The Labute approximate surface area is 128 Å². The van der Waals surface area contributed by atoms with Gasteiger partial charge in [0.15, 0.2) is 0 Å². The molecule has 3 heteroatoms. The fourth-order valence-corrected chi connectivity index (χ4v) is 2.73. The third-order valence-electron chi connectivity index (χ3n) is 4.11. The van der Waals surface area contributed by atoms with Crippen molar-refractivity contribution in [3.63, 3.8) is 0 Å². The molecule has 0 fully saturated rings. The summed E-state index contributed by atoms with van der Waals surface area (Å²) in [5.41, 5.74) is 3.94. The van der Waals surface area contributed by atoms with E-state index in [9.17, 15) is 0 Å². The molecule has 1 aromatic carbocycles. The van der Waals surface area contributed by atoms with Crippen molar-refractivity contribution < 1.29 is 0 Å². The highest BCUT2D eigenvalue weighted by atomic mass is 15.3. The van der Waals surface area contributed by atoms with Crippen LogP contribution in [0.25, 0.3) is 0 Å². The molecule has 1 N–H and O–H groups in total. The molecule has 0 aliphatic heterocycles. The number of rotatable bonds is 8. The van der Waals surface area contributed by atoms with E-state index in [0.717, 1.165) is 19.3 Å². The summed E-state index contributed by atoms with van der Waals surface area (Å²) < 4.78 is 2.03. The summed E-state index contributed by atoms with van der Waals surface area (Å²) in [6.45, 7) is 2.15. The first-order valence-electron chi connectivity index (χ1n) is 7.96. The minimum Gasteiger partial charge on any atom is -0.317 e. The standard InChI is InChI=1S/C18H27N3/c1-4-16-13-18(21(3)20-16)14-17(19-2)12-8-11-15-9-6-5-7-10-15/h5-7,9-10,13,17,19H,4,8,11-12,14H2,1-3H3. The average molecular weight is 285 g/mol. The van der Waals surface area contributed by atoms with Crippen molar-refractivity contribution in [2.75, 3.05) is 7.05 Å². The predicted octanol–water partition coefficient (Wildman–Crippen LogP) is 3.14. The van der Waals surface area contributed by atoms with E-state index in [-0.39, 0.29) is 0 Å². The smallest absolute Gasteiger partial charge is 0.0624 e. The number of aryl methyl sites for hydroxylation is 3. The first-order valence-corrected chi connectivity index (χ1v) is 7.96. The topological polar surface area (TPSA) is 29.9 Å². The fourth-order valence-electron chi connectivity index (χ4n) is 2.73. The van der Waals surface area contributed by atoms with Crippen molar-refractivity contribution in [1.82, 2.24) is 15.1 Å². The summed E-state index contributed by atoms with van der Waals surface area (Å²) in [6.07, 6.45) is 5.62. The van der Waals surface area contributed by atoms with Crippen LogP contribution in [0, 0.1) is 0 Å². The van der Waals surface area contributed by atoms with E-state index in [1.807, 2.05) is 11.7 Å². The molecule has 0 radical (unpaired) electrons. The minimum absolute atomic E-state index is 0.522. The van der Waals surface area contributed by atoms with E-state index in [1.165, 1.54) is 29.8 Å². The van der Waals surface area contributed by atoms with Crippen molar-refractivity contribution in [2.24, 2.45) is 7.05 Å². The molecule has 0 saturated carbocycles. The van der Waals surface area contributed by atoms with Gasteiger partial charge in [-0.3, -0.25) is 4.68 Å². The molecule has 1 unspecified atom stereocenters. The molecule has 2 aromatic rings. The van der Waals surface area contributed by atoms with Gasteiger partial charge in [-0.1, -0.05) is 37.3 Å². The van der Waals surface area contributed by atoms with Crippen LogP contribution in [0.3, 0.4) is 0 Å². The maximum Gasteiger partial charge on any atom is 0.0624 e. The Morgan fingerprint density at radius 1 is 1.24 bits per heavy atom. The zero-order chi connectivity index (χ0) is 15.1. The second-order valence-corrected chi connectivity index (χ2v) is 5.67. The van der Waals surface area contributed by atoms with Gasteiger partial charge in [-0.25, -0.2) is 0 Å². The number of hydrogen-bond donors (Lipinski definition) is 1. The van der Waals surface area contributed by atoms with Gasteiger partial charge in [0, 0.05) is 25.2 Å². The number of nitrogens with one attached hydrogen (secondary N) is 1. The summed E-state index contributed by atoms with van der Waals surface area (Å²) in [7, 11) is 4.11. The first-order chi connectivity index (χ1) is 10.2. The normalized spacial score (nSPS) is 12.5. The lowest BCUT2D eigenvalue weighted by molar-refractivity contribution is 0.487. The van der Waals surface area contributed by atoms with Gasteiger partial charge in [0.05, 0.1) is 5.69 Å². The molecule has 2 rings (SSSR count). The highest BCUT2D eigenvalue weighted by molar-refractivity contribution is 5.15. The number of nitrogens with zero attached hydrogens (tertiary/aromatic N) is 2. The van der Waals surface area contributed by atoms with E-state index in [2.05, 4.69) is 60.8 Å². The monoisotopic (exact) mass is 285 g/mol. The van der Waals surface area contributed by atoms with Gasteiger partial charge in [-0.2, -0.15) is 5.10 Å². The number of hydrogen-bond acceptors (Lipinski definition) is 2. The summed E-state index contributed by atoms with van der Waals surface area (Å²) in [5.74, 6) is 0. The van der Waals surface area contributed by atoms with Crippen LogP contribution in [0.5, 0.6) is 0 Å². The third kappa shape index (κ3) is 4.71.